The average Bonchev–Trinajstić information content (AvgIpc) is 2.45. The topological polar surface area (TPSA) is 107 Å². The van der Waals surface area contributed by atoms with E-state index in [2.05, 4.69) is 0 Å². The molecule has 1 heterocycles. The first kappa shape index (κ1) is 14.9. The predicted molar refractivity (Wildman–Crippen MR) is 70.9 cm³/mol. The van der Waals surface area contributed by atoms with Gasteiger partial charge in [0.05, 0.1) is 4.92 Å². The van der Waals surface area contributed by atoms with Crippen molar-refractivity contribution in [2.45, 2.75) is 25.3 Å². The van der Waals surface area contributed by atoms with Crippen LogP contribution >= 0.6 is 0 Å². The van der Waals surface area contributed by atoms with Crippen molar-refractivity contribution >= 4 is 17.5 Å². The van der Waals surface area contributed by atoms with Crippen molar-refractivity contribution in [1.29, 1.82) is 0 Å². The first-order chi connectivity index (χ1) is 9.91. The lowest BCUT2D eigenvalue weighted by atomic mass is 10.00. The number of piperidine rings is 1. The molecule has 1 unspecified atom stereocenters. The van der Waals surface area contributed by atoms with Gasteiger partial charge in [0.2, 0.25) is 11.7 Å². The van der Waals surface area contributed by atoms with Gasteiger partial charge in [0, 0.05) is 18.2 Å². The lowest BCUT2D eigenvalue weighted by Crippen LogP contribution is -2.50. The molecule has 0 aliphatic carbocycles. The molecule has 1 atom stereocenters. The second kappa shape index (κ2) is 5.86. The molecule has 1 aromatic carbocycles. The summed E-state index contributed by atoms with van der Waals surface area (Å²) in [6.45, 7) is 0.352. The Kier molecular flexibility index (Phi) is 4.15. The highest BCUT2D eigenvalue weighted by molar-refractivity contribution is 5.97. The van der Waals surface area contributed by atoms with Gasteiger partial charge in [0.1, 0.15) is 6.04 Å². The molecule has 7 nitrogen and oxygen atoms in total. The van der Waals surface area contributed by atoms with Gasteiger partial charge >= 0.3 is 5.69 Å². The Labute approximate surface area is 119 Å². The molecule has 0 saturated carbocycles. The van der Waals surface area contributed by atoms with Crippen LogP contribution in [0.3, 0.4) is 0 Å². The molecule has 1 saturated heterocycles. The van der Waals surface area contributed by atoms with Crippen molar-refractivity contribution in [3.63, 3.8) is 0 Å². The number of rotatable bonds is 3. The molecule has 0 spiro atoms. The van der Waals surface area contributed by atoms with Crippen molar-refractivity contribution < 1.29 is 18.9 Å². The third kappa shape index (κ3) is 2.99. The van der Waals surface area contributed by atoms with Crippen LogP contribution in [0.5, 0.6) is 0 Å². The Morgan fingerprint density at radius 3 is 2.67 bits per heavy atom. The number of benzene rings is 1. The van der Waals surface area contributed by atoms with Crippen LogP contribution in [0.4, 0.5) is 10.1 Å². The van der Waals surface area contributed by atoms with Gasteiger partial charge in [-0.2, -0.15) is 4.39 Å². The molecule has 8 heteroatoms. The number of likely N-dealkylation sites (tertiary alicyclic amines) is 1. The number of amides is 2. The van der Waals surface area contributed by atoms with Gasteiger partial charge in [-0.25, -0.2) is 0 Å². The van der Waals surface area contributed by atoms with Crippen LogP contribution in [-0.2, 0) is 4.79 Å². The van der Waals surface area contributed by atoms with Gasteiger partial charge in [0.15, 0.2) is 0 Å². The van der Waals surface area contributed by atoms with Crippen LogP contribution in [0, 0.1) is 15.9 Å². The van der Waals surface area contributed by atoms with Gasteiger partial charge < -0.3 is 10.6 Å². The molecule has 2 N–H and O–H groups in total. The first-order valence-electron chi connectivity index (χ1n) is 6.46. The molecule has 0 bridgehead atoms. The SMILES string of the molecule is NC(=O)C1CCCCN1C(=O)c1ccc([N+](=O)[O-])c(F)c1. The number of nitrogens with zero attached hydrogens (tertiary/aromatic N) is 2. The zero-order chi connectivity index (χ0) is 15.6. The summed E-state index contributed by atoms with van der Waals surface area (Å²) in [5.41, 5.74) is 4.54. The number of nitro benzene ring substituents is 1. The van der Waals surface area contributed by atoms with Crippen LogP contribution in [0.2, 0.25) is 0 Å². The van der Waals surface area contributed by atoms with Gasteiger partial charge in [-0.05, 0) is 31.4 Å². The van der Waals surface area contributed by atoms with Crippen molar-refractivity contribution in [3.05, 3.63) is 39.7 Å². The number of hydrogen-bond acceptors (Lipinski definition) is 4. The molecule has 21 heavy (non-hydrogen) atoms. The van der Waals surface area contributed by atoms with Gasteiger partial charge in [-0.1, -0.05) is 0 Å². The summed E-state index contributed by atoms with van der Waals surface area (Å²) in [4.78, 5) is 34.7. The quantitative estimate of drug-likeness (QED) is 0.668. The number of nitro groups is 1. The minimum absolute atomic E-state index is 0.0359. The molecule has 2 amide bonds. The zero-order valence-electron chi connectivity index (χ0n) is 11.1. The number of nitrogens with two attached hydrogens (primary N) is 1. The fraction of sp³-hybridized carbons (Fsp3) is 0.385. The zero-order valence-corrected chi connectivity index (χ0v) is 11.1. The predicted octanol–water partition coefficient (Wildman–Crippen LogP) is 1.21. The lowest BCUT2D eigenvalue weighted by Gasteiger charge is -2.33. The fourth-order valence-electron chi connectivity index (χ4n) is 2.42. The second-order valence-corrected chi connectivity index (χ2v) is 4.84. The van der Waals surface area contributed by atoms with Crippen molar-refractivity contribution in [2.24, 2.45) is 5.73 Å². The largest absolute Gasteiger partial charge is 0.368 e. The molecule has 2 rings (SSSR count). The average molecular weight is 295 g/mol. The molecular weight excluding hydrogens is 281 g/mol. The summed E-state index contributed by atoms with van der Waals surface area (Å²) in [7, 11) is 0. The van der Waals surface area contributed by atoms with E-state index in [0.29, 0.717) is 13.0 Å². The van der Waals surface area contributed by atoms with E-state index in [-0.39, 0.29) is 5.56 Å². The summed E-state index contributed by atoms with van der Waals surface area (Å²) in [5.74, 6) is -2.24. The lowest BCUT2D eigenvalue weighted by molar-refractivity contribution is -0.387. The maximum absolute atomic E-state index is 13.6. The van der Waals surface area contributed by atoms with Crippen LogP contribution < -0.4 is 5.73 Å². The Bertz CT molecular complexity index is 605. The summed E-state index contributed by atoms with van der Waals surface area (Å²) in [6.07, 6.45) is 1.98. The van der Waals surface area contributed by atoms with E-state index in [1.165, 1.54) is 11.0 Å². The molecule has 0 radical (unpaired) electrons. The molecule has 1 aliphatic rings. The third-order valence-electron chi connectivity index (χ3n) is 3.48. The molecule has 0 aromatic heterocycles. The second-order valence-electron chi connectivity index (χ2n) is 4.84. The normalized spacial score (nSPS) is 18.3. The van der Waals surface area contributed by atoms with Crippen LogP contribution in [-0.4, -0.2) is 34.2 Å². The van der Waals surface area contributed by atoms with Crippen molar-refractivity contribution in [3.8, 4) is 0 Å². The van der Waals surface area contributed by atoms with Crippen molar-refractivity contribution in [2.75, 3.05) is 6.54 Å². The number of primary amides is 1. The van der Waals surface area contributed by atoms with E-state index in [1.54, 1.807) is 0 Å². The maximum Gasteiger partial charge on any atom is 0.304 e. The number of hydrogen-bond donors (Lipinski definition) is 1. The van der Waals surface area contributed by atoms with Crippen molar-refractivity contribution in [1.82, 2.24) is 4.90 Å². The van der Waals surface area contributed by atoms with Gasteiger partial charge in [0.25, 0.3) is 5.91 Å². The summed E-state index contributed by atoms with van der Waals surface area (Å²) < 4.78 is 13.6. The van der Waals surface area contributed by atoms with E-state index in [1.807, 2.05) is 0 Å². The standard InChI is InChI=1S/C13H14FN3O4/c14-9-7-8(4-5-10(9)17(20)21)13(19)16-6-2-1-3-11(16)12(15)18/h4-5,7,11H,1-3,6H2,(H2,15,18). The Hall–Kier alpha value is -2.51. The van der Waals surface area contributed by atoms with E-state index in [0.717, 1.165) is 25.0 Å². The highest BCUT2D eigenvalue weighted by Gasteiger charge is 2.31. The maximum atomic E-state index is 13.6. The molecule has 1 fully saturated rings. The van der Waals surface area contributed by atoms with E-state index >= 15 is 0 Å². The molecular formula is C13H14FN3O4. The smallest absolute Gasteiger partial charge is 0.304 e. The number of carbonyl (C=O) groups excluding carboxylic acids is 2. The molecule has 112 valence electrons. The number of halogens is 1. The first-order valence-corrected chi connectivity index (χ1v) is 6.46. The van der Waals surface area contributed by atoms with Crippen LogP contribution in [0.25, 0.3) is 0 Å². The van der Waals surface area contributed by atoms with E-state index in [9.17, 15) is 24.1 Å². The van der Waals surface area contributed by atoms with Crippen LogP contribution in [0.15, 0.2) is 18.2 Å². The summed E-state index contributed by atoms with van der Waals surface area (Å²) >= 11 is 0. The fourth-order valence-corrected chi connectivity index (χ4v) is 2.42. The van der Waals surface area contributed by atoms with Gasteiger partial charge in [-0.15, -0.1) is 0 Å². The van der Waals surface area contributed by atoms with Gasteiger partial charge in [-0.3, -0.25) is 19.7 Å². The monoisotopic (exact) mass is 295 g/mol. The highest BCUT2D eigenvalue weighted by atomic mass is 19.1. The van der Waals surface area contributed by atoms with E-state index < -0.39 is 34.3 Å². The molecule has 1 aromatic rings. The minimum atomic E-state index is -1.08. The summed E-state index contributed by atoms with van der Waals surface area (Å²) in [5, 5.41) is 10.6. The highest BCUT2D eigenvalue weighted by Crippen LogP contribution is 2.22. The summed E-state index contributed by atoms with van der Waals surface area (Å²) in [6, 6.07) is 2.21. The molecule has 1 aliphatic heterocycles. The Morgan fingerprint density at radius 1 is 1.38 bits per heavy atom. The minimum Gasteiger partial charge on any atom is -0.368 e. The number of carbonyl (C=O) groups is 2. The van der Waals surface area contributed by atoms with Crippen LogP contribution in [0.1, 0.15) is 29.6 Å². The Balaban J connectivity index is 2.28. The third-order valence-corrected chi connectivity index (χ3v) is 3.48. The van der Waals surface area contributed by atoms with E-state index in [4.69, 9.17) is 5.73 Å². The Morgan fingerprint density at radius 2 is 2.10 bits per heavy atom.